The summed E-state index contributed by atoms with van der Waals surface area (Å²) in [7, 11) is -3.68. The smallest absolute Gasteiger partial charge is 0.285 e. The summed E-state index contributed by atoms with van der Waals surface area (Å²) in [6.45, 7) is 1.71. The minimum Gasteiger partial charge on any atom is -0.355 e. The van der Waals surface area contributed by atoms with Crippen molar-refractivity contribution >= 4 is 27.5 Å². The van der Waals surface area contributed by atoms with E-state index in [1.807, 2.05) is 39.9 Å². The van der Waals surface area contributed by atoms with Gasteiger partial charge in [-0.2, -0.15) is 8.42 Å². The van der Waals surface area contributed by atoms with Gasteiger partial charge in [-0.1, -0.05) is 30.3 Å². The zero-order valence-electron chi connectivity index (χ0n) is 17.4. The van der Waals surface area contributed by atoms with E-state index in [-0.39, 0.29) is 16.7 Å². The number of hydrogen-bond acceptors (Lipinski definition) is 5. The summed E-state index contributed by atoms with van der Waals surface area (Å²) >= 11 is 0. The molecule has 0 aliphatic carbocycles. The van der Waals surface area contributed by atoms with E-state index in [4.69, 9.17) is 0 Å². The number of likely N-dealkylation sites (tertiary alicyclic amines) is 1. The van der Waals surface area contributed by atoms with Crippen LogP contribution in [0.5, 0.6) is 0 Å². The highest BCUT2D eigenvalue weighted by Crippen LogP contribution is 2.30. The first kappa shape index (κ1) is 20.4. The number of nitrogens with zero attached hydrogens (tertiary/aromatic N) is 4. The van der Waals surface area contributed by atoms with E-state index in [9.17, 15) is 13.2 Å². The number of carbonyl (C=O) groups excluding carboxylic acids is 1. The maximum atomic E-state index is 13.1. The van der Waals surface area contributed by atoms with Crippen molar-refractivity contribution in [1.29, 1.82) is 0 Å². The summed E-state index contributed by atoms with van der Waals surface area (Å²) in [5, 5.41) is 3.08. The summed E-state index contributed by atoms with van der Waals surface area (Å²) in [5.41, 5.74) is 2.38. The van der Waals surface area contributed by atoms with Gasteiger partial charge < -0.3 is 14.8 Å². The highest BCUT2D eigenvalue weighted by Gasteiger charge is 2.35. The molecular formula is C23H23N5O3S. The minimum absolute atomic E-state index is 0.0671. The second-order valence-electron chi connectivity index (χ2n) is 8.05. The molecule has 0 bridgehead atoms. The summed E-state index contributed by atoms with van der Waals surface area (Å²) in [4.78, 5) is 19.4. The van der Waals surface area contributed by atoms with Crippen molar-refractivity contribution in [1.82, 2.24) is 14.5 Å². The SMILES string of the molecule is O=C(Nc1ccccc1Cn1ccnc1)C1CCCN(C2=NS(=O)(=O)c3ccccc32)C1. The normalized spacial score (nSPS) is 19.3. The average Bonchev–Trinajstić information content (AvgIpc) is 3.41. The number of anilines is 1. The molecule has 0 radical (unpaired) electrons. The number of aromatic nitrogens is 2. The van der Waals surface area contributed by atoms with Crippen LogP contribution in [0.1, 0.15) is 24.0 Å². The van der Waals surface area contributed by atoms with Gasteiger partial charge in [0.15, 0.2) is 5.84 Å². The van der Waals surface area contributed by atoms with Gasteiger partial charge in [0, 0.05) is 36.7 Å². The maximum Gasteiger partial charge on any atom is 0.285 e. The molecule has 2 aliphatic heterocycles. The number of fused-ring (bicyclic) bond motifs is 1. The highest BCUT2D eigenvalue weighted by atomic mass is 32.2. The fraction of sp³-hybridized carbons (Fsp3) is 0.261. The lowest BCUT2D eigenvalue weighted by Crippen LogP contribution is -2.43. The molecule has 3 heterocycles. The third-order valence-electron chi connectivity index (χ3n) is 5.89. The molecule has 3 aromatic rings. The Morgan fingerprint density at radius 1 is 1.12 bits per heavy atom. The van der Waals surface area contributed by atoms with Crippen molar-refractivity contribution in [3.63, 3.8) is 0 Å². The van der Waals surface area contributed by atoms with Gasteiger partial charge in [0.05, 0.1) is 18.8 Å². The number of carbonyl (C=O) groups is 1. The van der Waals surface area contributed by atoms with Crippen LogP contribution in [0.2, 0.25) is 0 Å². The van der Waals surface area contributed by atoms with Crippen molar-refractivity contribution in [2.24, 2.45) is 10.3 Å². The zero-order chi connectivity index (χ0) is 22.1. The monoisotopic (exact) mass is 449 g/mol. The van der Waals surface area contributed by atoms with Crippen LogP contribution in [-0.4, -0.2) is 47.7 Å². The van der Waals surface area contributed by atoms with Crippen LogP contribution in [0.15, 0.2) is 76.5 Å². The Morgan fingerprint density at radius 3 is 2.78 bits per heavy atom. The van der Waals surface area contributed by atoms with Crippen molar-refractivity contribution in [3.8, 4) is 0 Å². The highest BCUT2D eigenvalue weighted by molar-refractivity contribution is 7.90. The third kappa shape index (κ3) is 3.91. The lowest BCUT2D eigenvalue weighted by molar-refractivity contribution is -0.121. The van der Waals surface area contributed by atoms with Crippen molar-refractivity contribution < 1.29 is 13.2 Å². The topological polar surface area (TPSA) is 96.7 Å². The molecule has 2 aromatic carbocycles. The predicted octanol–water partition coefficient (Wildman–Crippen LogP) is 2.73. The molecule has 1 atom stereocenters. The molecule has 0 saturated carbocycles. The molecule has 9 heteroatoms. The molecule has 1 fully saturated rings. The van der Waals surface area contributed by atoms with E-state index < -0.39 is 10.0 Å². The van der Waals surface area contributed by atoms with Gasteiger partial charge in [-0.15, -0.1) is 4.40 Å². The van der Waals surface area contributed by atoms with Gasteiger partial charge in [0.2, 0.25) is 5.91 Å². The Hall–Kier alpha value is -3.46. The summed E-state index contributed by atoms with van der Waals surface area (Å²) in [6.07, 6.45) is 6.88. The number of amidine groups is 1. The standard InChI is InChI=1S/C23H23N5O3S/c29-23(25-20-9-3-1-6-17(20)14-27-13-11-24-16-27)18-7-5-12-28(15-18)22-19-8-2-4-10-21(19)32(30,31)26-22/h1-4,6,8-11,13,16,18H,5,7,12,14-15H2,(H,25,29). The number of sulfonamides is 1. The van der Waals surface area contributed by atoms with Gasteiger partial charge in [0.25, 0.3) is 10.0 Å². The molecule has 0 spiro atoms. The van der Waals surface area contributed by atoms with Crippen LogP contribution in [-0.2, 0) is 21.4 Å². The average molecular weight is 450 g/mol. The van der Waals surface area contributed by atoms with E-state index in [1.165, 1.54) is 0 Å². The number of benzene rings is 2. The molecular weight excluding hydrogens is 426 g/mol. The van der Waals surface area contributed by atoms with Crippen LogP contribution in [0.3, 0.4) is 0 Å². The number of imidazole rings is 1. The lowest BCUT2D eigenvalue weighted by Gasteiger charge is -2.33. The number of para-hydroxylation sites is 1. The van der Waals surface area contributed by atoms with Crippen LogP contribution in [0.4, 0.5) is 5.69 Å². The van der Waals surface area contributed by atoms with Gasteiger partial charge in [-0.05, 0) is 36.6 Å². The first-order chi connectivity index (χ1) is 15.5. The Bertz CT molecular complexity index is 1280. The Balaban J connectivity index is 1.33. The number of piperidine rings is 1. The fourth-order valence-corrected chi connectivity index (χ4v) is 5.52. The Labute approximate surface area is 186 Å². The quantitative estimate of drug-likeness (QED) is 0.661. The number of amides is 1. The molecule has 8 nitrogen and oxygen atoms in total. The Kier molecular flexibility index (Phi) is 5.26. The van der Waals surface area contributed by atoms with Crippen molar-refractivity contribution in [3.05, 3.63) is 78.4 Å². The van der Waals surface area contributed by atoms with E-state index >= 15 is 0 Å². The van der Waals surface area contributed by atoms with Gasteiger partial charge in [-0.25, -0.2) is 4.98 Å². The van der Waals surface area contributed by atoms with Crippen molar-refractivity contribution in [2.75, 3.05) is 18.4 Å². The molecule has 1 N–H and O–H groups in total. The van der Waals surface area contributed by atoms with Crippen LogP contribution in [0, 0.1) is 5.92 Å². The summed E-state index contributed by atoms with van der Waals surface area (Å²) in [5.74, 6) is 0.115. The van der Waals surface area contributed by atoms with E-state index in [2.05, 4.69) is 14.7 Å². The van der Waals surface area contributed by atoms with Gasteiger partial charge in [0.1, 0.15) is 4.90 Å². The molecule has 2 aliphatic rings. The molecule has 32 heavy (non-hydrogen) atoms. The minimum atomic E-state index is -3.68. The molecule has 1 unspecified atom stereocenters. The van der Waals surface area contributed by atoms with Gasteiger partial charge >= 0.3 is 0 Å². The largest absolute Gasteiger partial charge is 0.355 e. The second kappa shape index (κ2) is 8.23. The summed E-state index contributed by atoms with van der Waals surface area (Å²) < 4.78 is 30.8. The van der Waals surface area contributed by atoms with Crippen LogP contribution in [0.25, 0.3) is 0 Å². The lowest BCUT2D eigenvalue weighted by atomic mass is 9.96. The number of rotatable bonds is 4. The molecule has 1 amide bonds. The Morgan fingerprint density at radius 2 is 1.94 bits per heavy atom. The molecule has 164 valence electrons. The molecule has 1 aromatic heterocycles. The second-order valence-corrected chi connectivity index (χ2v) is 9.63. The third-order valence-corrected chi connectivity index (χ3v) is 7.22. The fourth-order valence-electron chi connectivity index (χ4n) is 4.29. The summed E-state index contributed by atoms with van der Waals surface area (Å²) in [6, 6.07) is 14.6. The maximum absolute atomic E-state index is 13.1. The predicted molar refractivity (Wildman–Crippen MR) is 121 cm³/mol. The molecule has 5 rings (SSSR count). The number of nitrogens with one attached hydrogen (secondary N) is 1. The zero-order valence-corrected chi connectivity index (χ0v) is 18.2. The van der Waals surface area contributed by atoms with Crippen LogP contribution < -0.4 is 5.32 Å². The first-order valence-electron chi connectivity index (χ1n) is 10.5. The van der Waals surface area contributed by atoms with E-state index in [0.29, 0.717) is 31.0 Å². The van der Waals surface area contributed by atoms with Gasteiger partial charge in [-0.3, -0.25) is 4.79 Å². The number of hydrogen-bond donors (Lipinski definition) is 1. The first-order valence-corrected chi connectivity index (χ1v) is 12.0. The van der Waals surface area contributed by atoms with E-state index in [0.717, 1.165) is 24.1 Å². The molecule has 1 saturated heterocycles. The van der Waals surface area contributed by atoms with Crippen molar-refractivity contribution in [2.45, 2.75) is 24.3 Å². The van der Waals surface area contributed by atoms with Crippen LogP contribution >= 0.6 is 0 Å². The van der Waals surface area contributed by atoms with E-state index in [1.54, 1.807) is 36.8 Å².